The number of nitrogens with one attached hydrogen (secondary N) is 1. The van der Waals surface area contributed by atoms with Crippen molar-refractivity contribution < 1.29 is 24.2 Å². The number of ketones is 1. The summed E-state index contributed by atoms with van der Waals surface area (Å²) < 4.78 is 7.12. The van der Waals surface area contributed by atoms with Gasteiger partial charge in [0, 0.05) is 36.3 Å². The molecule has 3 saturated carbocycles. The summed E-state index contributed by atoms with van der Waals surface area (Å²) >= 11 is 0. The third-order valence-corrected chi connectivity index (χ3v) is 10.00. The maximum atomic E-state index is 13.5. The maximum absolute atomic E-state index is 13.5. The van der Waals surface area contributed by atoms with E-state index in [0.717, 1.165) is 17.5 Å². The van der Waals surface area contributed by atoms with Gasteiger partial charge in [-0.3, -0.25) is 19.8 Å². The van der Waals surface area contributed by atoms with Crippen LogP contribution < -0.4 is 11.0 Å². The molecular formula is C28H38N2O6. The Hall–Kier alpha value is -2.74. The summed E-state index contributed by atoms with van der Waals surface area (Å²) in [5.41, 5.74) is -0.349. The fraction of sp³-hybridized carbons (Fsp3) is 0.643. The van der Waals surface area contributed by atoms with E-state index < -0.39 is 40.5 Å². The van der Waals surface area contributed by atoms with Crippen LogP contribution in [0, 0.1) is 34.0 Å². The minimum absolute atomic E-state index is 0.0822. The van der Waals surface area contributed by atoms with Crippen LogP contribution in [0.2, 0.25) is 0 Å². The van der Waals surface area contributed by atoms with Crippen LogP contribution in [0.15, 0.2) is 35.8 Å². The second kappa shape index (κ2) is 8.98. The smallest absolute Gasteiger partial charge is 0.344 e. The van der Waals surface area contributed by atoms with Gasteiger partial charge in [0.05, 0.1) is 6.10 Å². The van der Waals surface area contributed by atoms with Crippen molar-refractivity contribution in [3.63, 3.8) is 0 Å². The third kappa shape index (κ3) is 3.76. The Bertz CT molecular complexity index is 1160. The topological polar surface area (TPSA) is 115 Å². The van der Waals surface area contributed by atoms with Crippen LogP contribution in [0.5, 0.6) is 0 Å². The monoisotopic (exact) mass is 498 g/mol. The molecule has 1 heterocycles. The minimum Gasteiger partial charge on any atom is -0.458 e. The number of amides is 1. The number of carbonyl (C=O) groups excluding carboxylic acids is 3. The molecular weight excluding hydrogens is 460 g/mol. The van der Waals surface area contributed by atoms with Crippen molar-refractivity contribution in [3.05, 3.63) is 46.9 Å². The van der Waals surface area contributed by atoms with Crippen LogP contribution in [0.25, 0.3) is 0 Å². The van der Waals surface area contributed by atoms with E-state index in [9.17, 15) is 24.3 Å². The van der Waals surface area contributed by atoms with Gasteiger partial charge in [-0.2, -0.15) is 0 Å². The quantitative estimate of drug-likeness (QED) is 0.485. The molecule has 36 heavy (non-hydrogen) atoms. The van der Waals surface area contributed by atoms with E-state index in [4.69, 9.17) is 4.74 Å². The average Bonchev–Trinajstić information content (AvgIpc) is 3.18. The standard InChI is InChI=1S/C28H38N2O6/c1-7-26(5)15-21(36-25(35)19-9-8-14-30(24(19)34)29-18(4)31)27(6)16(2)10-12-28(17(3)23(26)33)13-11-20(32)22(27)28/h7-9,14,16-17,21-23,33H,1,10-13,15H2,2-6H3,(H,29,31)/t16?,17-,21+,22?,23-,26+,27-,28-/m0/s1. The predicted octanol–water partition coefficient (Wildman–Crippen LogP) is 3.46. The molecule has 0 saturated heterocycles. The number of aliphatic hydroxyl groups excluding tert-OH is 1. The minimum atomic E-state index is -0.811. The molecule has 2 unspecified atom stereocenters. The molecule has 2 bridgehead atoms. The molecule has 0 aliphatic heterocycles. The van der Waals surface area contributed by atoms with Crippen LogP contribution in [-0.2, 0) is 14.3 Å². The highest BCUT2D eigenvalue weighted by Gasteiger charge is 2.68. The van der Waals surface area contributed by atoms with Crippen molar-refractivity contribution >= 4 is 17.7 Å². The van der Waals surface area contributed by atoms with Gasteiger partial charge >= 0.3 is 5.97 Å². The molecule has 4 rings (SSSR count). The van der Waals surface area contributed by atoms with Crippen molar-refractivity contribution in [1.29, 1.82) is 0 Å². The molecule has 8 atom stereocenters. The number of aliphatic hydroxyl groups is 1. The average molecular weight is 499 g/mol. The first-order chi connectivity index (χ1) is 16.8. The summed E-state index contributed by atoms with van der Waals surface area (Å²) in [5.74, 6) is -1.49. The molecule has 3 fully saturated rings. The number of hydrogen-bond donors (Lipinski definition) is 2. The molecule has 0 radical (unpaired) electrons. The van der Waals surface area contributed by atoms with E-state index in [0.29, 0.717) is 12.8 Å². The van der Waals surface area contributed by atoms with Crippen LogP contribution in [0.3, 0.4) is 0 Å². The summed E-state index contributed by atoms with van der Waals surface area (Å²) in [6.07, 6.45) is 4.74. The van der Waals surface area contributed by atoms with E-state index in [1.807, 2.05) is 13.8 Å². The Morgan fingerprint density at radius 2 is 1.94 bits per heavy atom. The summed E-state index contributed by atoms with van der Waals surface area (Å²) in [6, 6.07) is 2.86. The second-order valence-electron chi connectivity index (χ2n) is 11.7. The lowest BCUT2D eigenvalue weighted by atomic mass is 9.44. The zero-order valence-electron chi connectivity index (χ0n) is 21.9. The van der Waals surface area contributed by atoms with Crippen molar-refractivity contribution in [3.8, 4) is 0 Å². The number of Topliss-reactive ketones (excluding diaryl/α,β-unsaturated/α-hetero) is 1. The zero-order valence-corrected chi connectivity index (χ0v) is 21.9. The van der Waals surface area contributed by atoms with Gasteiger partial charge in [0.15, 0.2) is 0 Å². The molecule has 3 aliphatic carbocycles. The summed E-state index contributed by atoms with van der Waals surface area (Å²) in [4.78, 5) is 51.4. The molecule has 8 nitrogen and oxygen atoms in total. The van der Waals surface area contributed by atoms with Gasteiger partial charge in [0.1, 0.15) is 17.5 Å². The molecule has 8 heteroatoms. The molecule has 196 valence electrons. The van der Waals surface area contributed by atoms with Gasteiger partial charge in [-0.25, -0.2) is 9.47 Å². The van der Waals surface area contributed by atoms with E-state index in [1.54, 1.807) is 6.08 Å². The third-order valence-electron chi connectivity index (χ3n) is 10.00. The maximum Gasteiger partial charge on any atom is 0.344 e. The lowest BCUT2D eigenvalue weighted by Gasteiger charge is -2.61. The molecule has 2 N–H and O–H groups in total. The van der Waals surface area contributed by atoms with E-state index in [-0.39, 0.29) is 40.9 Å². The highest BCUT2D eigenvalue weighted by Crippen LogP contribution is 2.68. The van der Waals surface area contributed by atoms with Crippen LogP contribution in [0.1, 0.15) is 77.1 Å². The summed E-state index contributed by atoms with van der Waals surface area (Å²) in [6.45, 7) is 13.4. The number of aromatic nitrogens is 1. The number of rotatable bonds is 4. The number of hydrogen-bond acceptors (Lipinski definition) is 6. The van der Waals surface area contributed by atoms with E-state index >= 15 is 0 Å². The number of nitrogens with zero attached hydrogens (tertiary/aromatic N) is 1. The lowest BCUT2D eigenvalue weighted by Crippen LogP contribution is -2.63. The number of pyridine rings is 1. The normalized spacial score (nSPS) is 39.9. The van der Waals surface area contributed by atoms with Crippen molar-refractivity contribution in [2.24, 2.45) is 34.0 Å². The Labute approximate surface area is 212 Å². The molecule has 1 aromatic rings. The first-order valence-electron chi connectivity index (χ1n) is 12.9. The SMILES string of the molecule is C=C[C@]1(C)C[C@@H](OC(=O)c2cccn(NC(C)=O)c2=O)[C@]2(C)C(C)CC[C@]3(CCC(=O)C32)[C@@H](C)[C@@H]1O. The number of esters is 1. The lowest BCUT2D eigenvalue weighted by molar-refractivity contribution is -0.192. The molecule has 0 aromatic carbocycles. The molecule has 3 aliphatic rings. The Morgan fingerprint density at radius 3 is 2.58 bits per heavy atom. The van der Waals surface area contributed by atoms with Gasteiger partial charge in [0.2, 0.25) is 5.91 Å². The highest BCUT2D eigenvalue weighted by molar-refractivity contribution is 5.90. The Kier molecular flexibility index (Phi) is 6.56. The van der Waals surface area contributed by atoms with Crippen LogP contribution in [0.4, 0.5) is 0 Å². The summed E-state index contributed by atoms with van der Waals surface area (Å²) in [7, 11) is 0. The predicted molar refractivity (Wildman–Crippen MR) is 135 cm³/mol. The molecule has 1 aromatic heterocycles. The van der Waals surface area contributed by atoms with Crippen molar-refractivity contribution in [2.75, 3.05) is 5.43 Å². The fourth-order valence-corrected chi connectivity index (χ4v) is 7.60. The van der Waals surface area contributed by atoms with Crippen LogP contribution >= 0.6 is 0 Å². The zero-order chi connectivity index (χ0) is 26.6. The highest BCUT2D eigenvalue weighted by atomic mass is 16.5. The van der Waals surface area contributed by atoms with E-state index in [1.165, 1.54) is 25.3 Å². The van der Waals surface area contributed by atoms with Gasteiger partial charge < -0.3 is 9.84 Å². The molecule has 0 spiro atoms. The Morgan fingerprint density at radius 1 is 1.25 bits per heavy atom. The molecule has 1 amide bonds. The van der Waals surface area contributed by atoms with Crippen molar-refractivity contribution in [1.82, 2.24) is 4.68 Å². The number of ether oxygens (including phenoxy) is 1. The fourth-order valence-electron chi connectivity index (χ4n) is 7.60. The first-order valence-corrected chi connectivity index (χ1v) is 12.9. The largest absolute Gasteiger partial charge is 0.458 e. The Balaban J connectivity index is 1.82. The van der Waals surface area contributed by atoms with Crippen molar-refractivity contribution in [2.45, 2.75) is 78.9 Å². The van der Waals surface area contributed by atoms with E-state index in [2.05, 4.69) is 25.9 Å². The van der Waals surface area contributed by atoms with Gasteiger partial charge in [-0.15, -0.1) is 6.58 Å². The second-order valence-corrected chi connectivity index (χ2v) is 11.7. The summed E-state index contributed by atoms with van der Waals surface area (Å²) in [5, 5.41) is 11.6. The van der Waals surface area contributed by atoms with Gasteiger partial charge in [-0.1, -0.05) is 33.8 Å². The number of carbonyl (C=O) groups is 3. The van der Waals surface area contributed by atoms with Gasteiger partial charge in [0.25, 0.3) is 5.56 Å². The van der Waals surface area contributed by atoms with Crippen LogP contribution in [-0.4, -0.2) is 39.7 Å². The first kappa shape index (κ1) is 26.3. The van der Waals surface area contributed by atoms with Gasteiger partial charge in [-0.05, 0) is 55.1 Å².